The molecule has 7 nitrogen and oxygen atoms in total. The first-order chi connectivity index (χ1) is 11.7. The molecular formula is C17H15N3O4. The van der Waals surface area contributed by atoms with Crippen LogP contribution < -0.4 is 10.3 Å². The predicted octanol–water partition coefficient (Wildman–Crippen LogP) is 1.47. The van der Waals surface area contributed by atoms with Gasteiger partial charge in [-0.15, -0.1) is 0 Å². The molecule has 1 atom stereocenters. The molecule has 7 heteroatoms. The van der Waals surface area contributed by atoms with Gasteiger partial charge in [0, 0.05) is 18.8 Å². The fourth-order valence-corrected chi connectivity index (χ4v) is 3.05. The van der Waals surface area contributed by atoms with E-state index in [0.29, 0.717) is 17.8 Å². The van der Waals surface area contributed by atoms with Gasteiger partial charge in [0.1, 0.15) is 23.1 Å². The molecule has 24 heavy (non-hydrogen) atoms. The highest BCUT2D eigenvalue weighted by Gasteiger charge is 2.25. The van der Waals surface area contributed by atoms with E-state index in [1.54, 1.807) is 17.0 Å². The lowest BCUT2D eigenvalue weighted by atomic mass is 10.1. The Balaban J connectivity index is 1.68. The number of H-pyrrole nitrogens is 1. The van der Waals surface area contributed by atoms with Crippen molar-refractivity contribution in [3.8, 4) is 17.0 Å². The van der Waals surface area contributed by atoms with Gasteiger partial charge in [-0.05, 0) is 11.6 Å². The van der Waals surface area contributed by atoms with E-state index < -0.39 is 5.97 Å². The molecular weight excluding hydrogens is 310 g/mol. The van der Waals surface area contributed by atoms with Crippen molar-refractivity contribution in [1.29, 1.82) is 0 Å². The number of benzene rings is 1. The van der Waals surface area contributed by atoms with E-state index in [-0.39, 0.29) is 17.2 Å². The summed E-state index contributed by atoms with van der Waals surface area (Å²) in [6.07, 6.45) is 4.04. The minimum absolute atomic E-state index is 0.0580. The average molecular weight is 325 g/mol. The minimum atomic E-state index is -0.531. The molecule has 1 N–H and O–H groups in total. The van der Waals surface area contributed by atoms with E-state index in [2.05, 4.69) is 10.2 Å². The molecule has 0 unspecified atom stereocenters. The lowest BCUT2D eigenvalue weighted by Crippen LogP contribution is -2.22. The molecule has 3 heterocycles. The average Bonchev–Trinajstić information content (AvgIpc) is 3.17. The maximum absolute atomic E-state index is 12.0. The molecule has 0 aliphatic carbocycles. The number of aromatic nitrogens is 3. The largest absolute Gasteiger partial charge is 0.488 e. The molecule has 0 saturated carbocycles. The van der Waals surface area contributed by atoms with Crippen LogP contribution >= 0.6 is 0 Å². The topological polar surface area (TPSA) is 86.2 Å². The molecule has 122 valence electrons. The number of ether oxygens (including phenoxy) is 2. The van der Waals surface area contributed by atoms with Crippen molar-refractivity contribution in [2.75, 3.05) is 7.11 Å². The molecule has 0 saturated heterocycles. The Morgan fingerprint density at radius 2 is 2.25 bits per heavy atom. The Morgan fingerprint density at radius 1 is 1.42 bits per heavy atom. The first kappa shape index (κ1) is 14.5. The first-order valence-corrected chi connectivity index (χ1v) is 7.57. The molecule has 1 aromatic carbocycles. The van der Waals surface area contributed by atoms with Crippen LogP contribution in [0.2, 0.25) is 0 Å². The Labute approximate surface area is 137 Å². The molecule has 3 aliphatic heterocycles. The smallest absolute Gasteiger partial charge is 0.341 e. The van der Waals surface area contributed by atoms with Crippen LogP contribution in [0.3, 0.4) is 0 Å². The summed E-state index contributed by atoms with van der Waals surface area (Å²) in [7, 11) is 1.30. The van der Waals surface area contributed by atoms with Gasteiger partial charge in [-0.25, -0.2) is 9.89 Å². The van der Waals surface area contributed by atoms with Crippen LogP contribution in [-0.2, 0) is 17.7 Å². The zero-order valence-corrected chi connectivity index (χ0v) is 13.0. The zero-order valence-electron chi connectivity index (χ0n) is 13.0. The van der Waals surface area contributed by atoms with Crippen LogP contribution in [-0.4, -0.2) is 33.9 Å². The monoisotopic (exact) mass is 325 g/mol. The summed E-state index contributed by atoms with van der Waals surface area (Å²) in [6, 6.07) is 7.89. The van der Waals surface area contributed by atoms with Gasteiger partial charge < -0.3 is 14.0 Å². The van der Waals surface area contributed by atoms with Crippen molar-refractivity contribution in [3.05, 3.63) is 58.1 Å². The third-order valence-corrected chi connectivity index (χ3v) is 4.15. The second kappa shape index (κ2) is 5.52. The molecule has 3 aliphatic rings. The first-order valence-electron chi connectivity index (χ1n) is 7.57. The van der Waals surface area contributed by atoms with Crippen LogP contribution in [0.5, 0.6) is 5.75 Å². The lowest BCUT2D eigenvalue weighted by molar-refractivity contribution is 0.0599. The number of hydrogen-bond donors (Lipinski definition) is 1. The molecule has 0 aromatic heterocycles. The minimum Gasteiger partial charge on any atom is -0.488 e. The van der Waals surface area contributed by atoms with Gasteiger partial charge >= 0.3 is 5.97 Å². The van der Waals surface area contributed by atoms with Crippen LogP contribution in [0.4, 0.5) is 0 Å². The summed E-state index contributed by atoms with van der Waals surface area (Å²) in [5.74, 6) is 0.349. The number of carbonyl (C=O) groups excluding carboxylic acids is 1. The van der Waals surface area contributed by atoms with Crippen molar-refractivity contribution in [1.82, 2.24) is 14.8 Å². The summed E-state index contributed by atoms with van der Waals surface area (Å²) in [5.41, 5.74) is 1.75. The molecule has 0 radical (unpaired) electrons. The molecule has 0 fully saturated rings. The Hall–Kier alpha value is -3.09. The van der Waals surface area contributed by atoms with E-state index in [1.807, 2.05) is 24.3 Å². The van der Waals surface area contributed by atoms with Crippen LogP contribution in [0.15, 0.2) is 41.5 Å². The van der Waals surface area contributed by atoms with E-state index in [9.17, 15) is 9.59 Å². The van der Waals surface area contributed by atoms with Crippen LogP contribution in [0.1, 0.15) is 15.9 Å². The summed E-state index contributed by atoms with van der Waals surface area (Å²) < 4.78 is 12.5. The normalized spacial score (nSPS) is 16.0. The summed E-state index contributed by atoms with van der Waals surface area (Å²) in [6.45, 7) is 0.513. The zero-order chi connectivity index (χ0) is 16.7. The quantitative estimate of drug-likeness (QED) is 0.737. The van der Waals surface area contributed by atoms with E-state index in [4.69, 9.17) is 9.47 Å². The van der Waals surface area contributed by atoms with Gasteiger partial charge in [-0.1, -0.05) is 18.2 Å². The number of nitrogens with zero attached hydrogens (tertiary/aromatic N) is 2. The predicted molar refractivity (Wildman–Crippen MR) is 85.4 cm³/mol. The van der Waals surface area contributed by atoms with E-state index >= 15 is 0 Å². The maximum atomic E-state index is 12.0. The number of carbonyl (C=O) groups is 1. The van der Waals surface area contributed by atoms with Gasteiger partial charge in [-0.3, -0.25) is 4.79 Å². The SMILES string of the molecule is COC(=O)c1cn(C[C@H]2Cc3ccccc3O2)cc2c(=O)[nH]nc1-2. The van der Waals surface area contributed by atoms with Crippen LogP contribution in [0, 0.1) is 0 Å². The van der Waals surface area contributed by atoms with Crippen molar-refractivity contribution in [3.63, 3.8) is 0 Å². The van der Waals surface area contributed by atoms with Crippen molar-refractivity contribution < 1.29 is 14.3 Å². The fraction of sp³-hybridized carbons (Fsp3) is 0.235. The van der Waals surface area contributed by atoms with Crippen molar-refractivity contribution in [2.45, 2.75) is 19.1 Å². The number of rotatable bonds is 3. The molecule has 0 amide bonds. The van der Waals surface area contributed by atoms with Crippen molar-refractivity contribution in [2.24, 2.45) is 0 Å². The second-order valence-electron chi connectivity index (χ2n) is 5.73. The van der Waals surface area contributed by atoms with Gasteiger partial charge in [0.2, 0.25) is 0 Å². The van der Waals surface area contributed by atoms with Gasteiger partial charge in [0.15, 0.2) is 0 Å². The number of aromatic amines is 1. The van der Waals surface area contributed by atoms with Crippen LogP contribution in [0.25, 0.3) is 11.3 Å². The van der Waals surface area contributed by atoms with Crippen molar-refractivity contribution >= 4 is 5.97 Å². The highest BCUT2D eigenvalue weighted by Crippen LogP contribution is 2.29. The number of esters is 1. The summed E-state index contributed by atoms with van der Waals surface area (Å²) in [5, 5.41) is 6.28. The number of pyridine rings is 1. The maximum Gasteiger partial charge on any atom is 0.341 e. The lowest BCUT2D eigenvalue weighted by Gasteiger charge is -2.16. The molecule has 4 rings (SSSR count). The van der Waals surface area contributed by atoms with Gasteiger partial charge in [0.05, 0.1) is 19.2 Å². The third-order valence-electron chi connectivity index (χ3n) is 4.15. The van der Waals surface area contributed by atoms with E-state index in [0.717, 1.165) is 17.7 Å². The highest BCUT2D eigenvalue weighted by molar-refractivity contribution is 5.95. The fourth-order valence-electron chi connectivity index (χ4n) is 3.05. The van der Waals surface area contributed by atoms with E-state index in [1.165, 1.54) is 7.11 Å². The standard InChI is InChI=1S/C17H15N3O4/c1-23-17(22)13-9-20(8-12-15(13)18-19-16(12)21)7-11-6-10-4-2-3-5-14(10)24-11/h2-5,8-9,11H,6-7H2,1H3,(H,19,21)/t11-/m1/s1. The Kier molecular flexibility index (Phi) is 3.34. The molecule has 0 bridgehead atoms. The highest BCUT2D eigenvalue weighted by atomic mass is 16.5. The molecule has 1 aromatic rings. The Bertz CT molecular complexity index is 918. The summed E-state index contributed by atoms with van der Waals surface area (Å²) >= 11 is 0. The number of methoxy groups -OCH3 is 1. The number of nitrogens with one attached hydrogen (secondary N) is 1. The Morgan fingerprint density at radius 3 is 3.04 bits per heavy atom. The second-order valence-corrected chi connectivity index (χ2v) is 5.73. The number of para-hydroxylation sites is 1. The molecule has 0 spiro atoms. The van der Waals surface area contributed by atoms with Gasteiger partial charge in [-0.2, -0.15) is 5.10 Å². The third kappa shape index (κ3) is 2.34. The van der Waals surface area contributed by atoms with Gasteiger partial charge in [0.25, 0.3) is 5.56 Å². The number of fused-ring (bicyclic) bond motifs is 2. The summed E-state index contributed by atoms with van der Waals surface area (Å²) in [4.78, 5) is 23.9. The number of hydrogen-bond acceptors (Lipinski definition) is 5.